The maximum Gasteiger partial charge on any atom is 0.340 e. The van der Waals surface area contributed by atoms with Gasteiger partial charge in [0, 0.05) is 48.3 Å². The van der Waals surface area contributed by atoms with Gasteiger partial charge < -0.3 is 19.4 Å². The number of benzene rings is 2. The van der Waals surface area contributed by atoms with Crippen molar-refractivity contribution < 1.29 is 23.5 Å². The lowest BCUT2D eigenvalue weighted by Crippen LogP contribution is -2.58. The van der Waals surface area contributed by atoms with Crippen molar-refractivity contribution in [1.29, 1.82) is 0 Å². The maximum absolute atomic E-state index is 13.2. The summed E-state index contributed by atoms with van der Waals surface area (Å²) in [4.78, 5) is 32.8. The average Bonchev–Trinajstić information content (AvgIpc) is 3.16. The summed E-state index contributed by atoms with van der Waals surface area (Å²) in [5.74, 6) is -0.188. The van der Waals surface area contributed by atoms with Gasteiger partial charge >= 0.3 is 5.97 Å². The molecule has 2 atom stereocenters. The standard InChI is InChI=1S/C27H32FN3O4/c1-5-34-27(33)26-19(4)29-24-11-10-22(12-23(24)26)35-16-25(32)31-14-17(2)30(13-18(31)3)15-20-6-8-21(28)9-7-20/h6-12,17-18,29H,5,13-16H2,1-4H3/t17-,18+/m1/s1. The lowest BCUT2D eigenvalue weighted by atomic mass is 10.1. The van der Waals surface area contributed by atoms with Crippen molar-refractivity contribution in [3.63, 3.8) is 0 Å². The van der Waals surface area contributed by atoms with Crippen molar-refractivity contribution in [2.45, 2.75) is 46.3 Å². The molecular weight excluding hydrogens is 449 g/mol. The van der Waals surface area contributed by atoms with E-state index in [2.05, 4.69) is 16.8 Å². The average molecular weight is 482 g/mol. The quantitative estimate of drug-likeness (QED) is 0.510. The fourth-order valence-electron chi connectivity index (χ4n) is 4.68. The number of rotatable bonds is 7. The molecule has 1 saturated heterocycles. The van der Waals surface area contributed by atoms with Crippen molar-refractivity contribution in [2.75, 3.05) is 26.3 Å². The number of nitrogens with zero attached hydrogens (tertiary/aromatic N) is 2. The van der Waals surface area contributed by atoms with E-state index in [4.69, 9.17) is 9.47 Å². The predicted molar refractivity (Wildman–Crippen MR) is 132 cm³/mol. The molecule has 7 nitrogen and oxygen atoms in total. The van der Waals surface area contributed by atoms with E-state index >= 15 is 0 Å². The first kappa shape index (κ1) is 24.7. The molecule has 1 amide bonds. The number of hydrogen-bond acceptors (Lipinski definition) is 5. The molecule has 2 heterocycles. The molecule has 0 radical (unpaired) electrons. The molecule has 3 aromatic rings. The Labute approximate surface area is 204 Å². The fourth-order valence-corrected chi connectivity index (χ4v) is 4.68. The molecule has 8 heteroatoms. The van der Waals surface area contributed by atoms with Gasteiger partial charge in [-0.25, -0.2) is 9.18 Å². The minimum absolute atomic E-state index is 0.0213. The summed E-state index contributed by atoms with van der Waals surface area (Å²) < 4.78 is 24.2. The van der Waals surface area contributed by atoms with Gasteiger partial charge in [-0.2, -0.15) is 0 Å². The van der Waals surface area contributed by atoms with Gasteiger partial charge in [0.05, 0.1) is 12.2 Å². The van der Waals surface area contributed by atoms with Gasteiger partial charge in [-0.3, -0.25) is 9.69 Å². The van der Waals surface area contributed by atoms with E-state index in [0.29, 0.717) is 36.4 Å². The zero-order valence-electron chi connectivity index (χ0n) is 20.6. The van der Waals surface area contributed by atoms with Gasteiger partial charge in [-0.15, -0.1) is 0 Å². The number of carbonyl (C=O) groups is 2. The summed E-state index contributed by atoms with van der Waals surface area (Å²) in [6.07, 6.45) is 0. The normalized spacial score (nSPS) is 18.6. The van der Waals surface area contributed by atoms with Crippen LogP contribution in [0.3, 0.4) is 0 Å². The van der Waals surface area contributed by atoms with Gasteiger partial charge in [0.2, 0.25) is 0 Å². The number of aromatic amines is 1. The highest BCUT2D eigenvalue weighted by Crippen LogP contribution is 2.27. The van der Waals surface area contributed by atoms with Crippen LogP contribution in [0.5, 0.6) is 5.75 Å². The number of ether oxygens (including phenoxy) is 2. The Morgan fingerprint density at radius 3 is 2.54 bits per heavy atom. The first-order valence-electron chi connectivity index (χ1n) is 12.0. The zero-order valence-corrected chi connectivity index (χ0v) is 20.6. The summed E-state index contributed by atoms with van der Waals surface area (Å²) in [6.45, 7) is 9.96. The van der Waals surface area contributed by atoms with E-state index in [-0.39, 0.29) is 36.4 Å². The summed E-state index contributed by atoms with van der Waals surface area (Å²) in [5, 5.41) is 0.710. The first-order chi connectivity index (χ1) is 16.8. The number of aryl methyl sites for hydroxylation is 1. The second-order valence-electron chi connectivity index (χ2n) is 9.14. The third-order valence-electron chi connectivity index (χ3n) is 6.53. The molecule has 0 bridgehead atoms. The molecule has 4 rings (SSSR count). The van der Waals surface area contributed by atoms with Gasteiger partial charge in [-0.05, 0) is 63.6 Å². The molecular formula is C27H32FN3O4. The lowest BCUT2D eigenvalue weighted by Gasteiger charge is -2.44. The van der Waals surface area contributed by atoms with Crippen LogP contribution >= 0.6 is 0 Å². The topological polar surface area (TPSA) is 74.9 Å². The SMILES string of the molecule is CCOC(=O)c1c(C)[nH]c2ccc(OCC(=O)N3C[C@@H](C)N(Cc4ccc(F)cc4)C[C@@H]3C)cc12. The lowest BCUT2D eigenvalue weighted by molar-refractivity contribution is -0.139. The molecule has 0 spiro atoms. The van der Waals surface area contributed by atoms with Crippen LogP contribution in [0.15, 0.2) is 42.5 Å². The van der Waals surface area contributed by atoms with Gasteiger partial charge in [-0.1, -0.05) is 12.1 Å². The number of esters is 1. The van der Waals surface area contributed by atoms with Gasteiger partial charge in [0.15, 0.2) is 6.61 Å². The van der Waals surface area contributed by atoms with Crippen LogP contribution in [0.2, 0.25) is 0 Å². The Morgan fingerprint density at radius 1 is 1.09 bits per heavy atom. The predicted octanol–water partition coefficient (Wildman–Crippen LogP) is 4.29. The summed E-state index contributed by atoms with van der Waals surface area (Å²) in [6, 6.07) is 12.1. The van der Waals surface area contributed by atoms with E-state index in [1.165, 1.54) is 12.1 Å². The van der Waals surface area contributed by atoms with E-state index in [9.17, 15) is 14.0 Å². The van der Waals surface area contributed by atoms with Crippen molar-refractivity contribution in [2.24, 2.45) is 0 Å². The maximum atomic E-state index is 13.2. The van der Waals surface area contributed by atoms with Crippen LogP contribution in [-0.4, -0.2) is 65.0 Å². The minimum atomic E-state index is -0.384. The molecule has 35 heavy (non-hydrogen) atoms. The highest BCUT2D eigenvalue weighted by atomic mass is 19.1. The Hall–Kier alpha value is -3.39. The number of amides is 1. The summed E-state index contributed by atoms with van der Waals surface area (Å²) >= 11 is 0. The number of piperazine rings is 1. The van der Waals surface area contributed by atoms with E-state index in [1.54, 1.807) is 31.2 Å². The third kappa shape index (κ3) is 5.48. The largest absolute Gasteiger partial charge is 0.484 e. The van der Waals surface area contributed by atoms with Crippen LogP contribution in [0.4, 0.5) is 4.39 Å². The number of hydrogen-bond donors (Lipinski definition) is 1. The number of carbonyl (C=O) groups excluding carboxylic acids is 2. The zero-order chi connectivity index (χ0) is 25.1. The second-order valence-corrected chi connectivity index (χ2v) is 9.14. The molecule has 1 aromatic heterocycles. The van der Waals surface area contributed by atoms with Crippen molar-refractivity contribution >= 4 is 22.8 Å². The van der Waals surface area contributed by atoms with Crippen molar-refractivity contribution in [1.82, 2.24) is 14.8 Å². The highest BCUT2D eigenvalue weighted by molar-refractivity contribution is 6.06. The van der Waals surface area contributed by atoms with E-state index < -0.39 is 0 Å². The second kappa shape index (κ2) is 10.5. The van der Waals surface area contributed by atoms with Crippen LogP contribution in [0.25, 0.3) is 10.9 Å². The van der Waals surface area contributed by atoms with Gasteiger partial charge in [0.1, 0.15) is 11.6 Å². The molecule has 1 aliphatic rings. The monoisotopic (exact) mass is 481 g/mol. The number of nitrogens with one attached hydrogen (secondary N) is 1. The Kier molecular flexibility index (Phi) is 7.40. The van der Waals surface area contributed by atoms with E-state index in [0.717, 1.165) is 23.3 Å². The summed E-state index contributed by atoms with van der Waals surface area (Å²) in [5.41, 5.74) is 3.07. The fraction of sp³-hybridized carbons (Fsp3) is 0.407. The number of halogens is 1. The smallest absolute Gasteiger partial charge is 0.340 e. The molecule has 2 aromatic carbocycles. The van der Waals surface area contributed by atoms with Crippen LogP contribution in [-0.2, 0) is 16.1 Å². The highest BCUT2D eigenvalue weighted by Gasteiger charge is 2.32. The Morgan fingerprint density at radius 2 is 1.83 bits per heavy atom. The number of H-pyrrole nitrogens is 1. The molecule has 1 N–H and O–H groups in total. The van der Waals surface area contributed by atoms with E-state index in [1.807, 2.05) is 24.8 Å². The van der Waals surface area contributed by atoms with Crippen LogP contribution in [0, 0.1) is 12.7 Å². The summed E-state index contributed by atoms with van der Waals surface area (Å²) in [7, 11) is 0. The number of fused-ring (bicyclic) bond motifs is 1. The molecule has 1 fully saturated rings. The Balaban J connectivity index is 1.39. The molecule has 0 aliphatic carbocycles. The van der Waals surface area contributed by atoms with Crippen molar-refractivity contribution in [3.05, 3.63) is 65.1 Å². The number of aromatic nitrogens is 1. The Bertz CT molecular complexity index is 1210. The molecule has 0 unspecified atom stereocenters. The van der Waals surface area contributed by atoms with Gasteiger partial charge in [0.25, 0.3) is 5.91 Å². The molecule has 1 aliphatic heterocycles. The minimum Gasteiger partial charge on any atom is -0.484 e. The molecule has 0 saturated carbocycles. The van der Waals surface area contributed by atoms with Crippen molar-refractivity contribution in [3.8, 4) is 5.75 Å². The van der Waals surface area contributed by atoms with Crippen LogP contribution < -0.4 is 4.74 Å². The first-order valence-corrected chi connectivity index (χ1v) is 12.0. The molecule has 186 valence electrons. The van der Waals surface area contributed by atoms with Crippen LogP contribution in [0.1, 0.15) is 42.4 Å². The third-order valence-corrected chi connectivity index (χ3v) is 6.53.